The van der Waals surface area contributed by atoms with Crippen molar-refractivity contribution in [2.45, 2.75) is 10.9 Å². The number of rotatable bonds is 3. The lowest BCUT2D eigenvalue weighted by molar-refractivity contribution is 0.0942. The molecule has 1 aliphatic rings. The van der Waals surface area contributed by atoms with Crippen molar-refractivity contribution in [2.75, 3.05) is 38.8 Å². The number of hydrogen-bond donors (Lipinski definition) is 1. The second-order valence-corrected chi connectivity index (χ2v) is 5.56. The number of nitrogens with zero attached hydrogens (tertiary/aromatic N) is 2. The Kier molecular flexibility index (Phi) is 4.14. The summed E-state index contributed by atoms with van der Waals surface area (Å²) in [6, 6.07) is 8.39. The Bertz CT molecular complexity index is 430. The molecule has 1 aromatic rings. The summed E-state index contributed by atoms with van der Waals surface area (Å²) in [5.41, 5.74) is 0.861. The number of hydrogen-bond acceptors (Lipinski definition) is 3. The van der Waals surface area contributed by atoms with Gasteiger partial charge in [0.05, 0.1) is 0 Å². The van der Waals surface area contributed by atoms with Gasteiger partial charge in [-0.3, -0.25) is 0 Å². The van der Waals surface area contributed by atoms with E-state index in [1.165, 1.54) is 0 Å². The second-order valence-electron chi connectivity index (χ2n) is 4.68. The molecular weight excluding hydrogens is 246 g/mol. The van der Waals surface area contributed by atoms with E-state index in [1.54, 1.807) is 11.8 Å². The van der Waals surface area contributed by atoms with E-state index in [4.69, 9.17) is 0 Å². The van der Waals surface area contributed by atoms with Crippen LogP contribution < -0.4 is 5.32 Å². The fourth-order valence-corrected chi connectivity index (χ4v) is 2.31. The van der Waals surface area contributed by atoms with Crippen LogP contribution in [0.25, 0.3) is 0 Å². The molecule has 1 saturated heterocycles. The minimum atomic E-state index is -0.00801. The van der Waals surface area contributed by atoms with Crippen molar-refractivity contribution >= 4 is 23.5 Å². The molecule has 0 aromatic heterocycles. The quantitative estimate of drug-likeness (QED) is 0.851. The molecular formula is C13H19N3OS. The fraction of sp³-hybridized carbons (Fsp3) is 0.462. The first-order valence-electron chi connectivity index (χ1n) is 5.96. The lowest BCUT2D eigenvalue weighted by atomic mass is 10.1. The van der Waals surface area contributed by atoms with E-state index in [0.717, 1.165) is 23.7 Å². The smallest absolute Gasteiger partial charge is 0.321 e. The van der Waals surface area contributed by atoms with Crippen LogP contribution in [-0.2, 0) is 0 Å². The van der Waals surface area contributed by atoms with Crippen LogP contribution in [-0.4, -0.2) is 55.3 Å². The summed E-state index contributed by atoms with van der Waals surface area (Å²) in [6.07, 6.45) is 2.03. The summed E-state index contributed by atoms with van der Waals surface area (Å²) in [4.78, 5) is 17.1. The number of carbonyl (C=O) groups excluding carboxylic acids is 1. The van der Waals surface area contributed by atoms with Gasteiger partial charge in [0.25, 0.3) is 0 Å². The SMILES string of the molecule is CSc1cccc(NC(=O)N2CC(N(C)C)C2)c1. The number of nitrogens with one attached hydrogen (secondary N) is 1. The van der Waals surface area contributed by atoms with Gasteiger partial charge in [-0.1, -0.05) is 6.07 Å². The van der Waals surface area contributed by atoms with Gasteiger partial charge in [0.1, 0.15) is 0 Å². The predicted molar refractivity (Wildman–Crippen MR) is 76.3 cm³/mol. The molecule has 4 nitrogen and oxygen atoms in total. The van der Waals surface area contributed by atoms with Crippen molar-refractivity contribution in [3.05, 3.63) is 24.3 Å². The highest BCUT2D eigenvalue weighted by Crippen LogP contribution is 2.20. The van der Waals surface area contributed by atoms with E-state index in [2.05, 4.69) is 10.2 Å². The predicted octanol–water partition coefficient (Wildman–Crippen LogP) is 2.19. The van der Waals surface area contributed by atoms with E-state index in [9.17, 15) is 4.79 Å². The van der Waals surface area contributed by atoms with Crippen molar-refractivity contribution in [3.63, 3.8) is 0 Å². The van der Waals surface area contributed by atoms with Gasteiger partial charge in [-0.05, 0) is 38.6 Å². The van der Waals surface area contributed by atoms with Crippen LogP contribution in [0.3, 0.4) is 0 Å². The molecule has 1 N–H and O–H groups in total. The van der Waals surface area contributed by atoms with Gasteiger partial charge in [-0.2, -0.15) is 0 Å². The van der Waals surface area contributed by atoms with Gasteiger partial charge in [0.15, 0.2) is 0 Å². The lowest BCUT2D eigenvalue weighted by Crippen LogP contribution is -2.60. The normalized spacial score (nSPS) is 15.7. The van der Waals surface area contributed by atoms with Crippen LogP contribution in [0.4, 0.5) is 10.5 Å². The average Bonchev–Trinajstić information content (AvgIpc) is 2.26. The van der Waals surface area contributed by atoms with Crippen LogP contribution in [0.2, 0.25) is 0 Å². The number of likely N-dealkylation sites (N-methyl/N-ethyl adjacent to an activating group) is 1. The van der Waals surface area contributed by atoms with E-state index in [-0.39, 0.29) is 6.03 Å². The highest BCUT2D eigenvalue weighted by atomic mass is 32.2. The molecule has 0 aliphatic carbocycles. The molecule has 2 amide bonds. The fourth-order valence-electron chi connectivity index (χ4n) is 1.85. The molecule has 1 aromatic carbocycles. The molecule has 0 unspecified atom stereocenters. The van der Waals surface area contributed by atoms with Gasteiger partial charge >= 0.3 is 6.03 Å². The number of amides is 2. The van der Waals surface area contributed by atoms with Gasteiger partial charge in [-0.15, -0.1) is 11.8 Å². The Morgan fingerprint density at radius 2 is 2.17 bits per heavy atom. The highest BCUT2D eigenvalue weighted by molar-refractivity contribution is 7.98. The molecule has 18 heavy (non-hydrogen) atoms. The molecule has 0 saturated carbocycles. The third kappa shape index (κ3) is 2.97. The number of likely N-dealkylation sites (tertiary alicyclic amines) is 1. The first-order chi connectivity index (χ1) is 8.60. The summed E-state index contributed by atoms with van der Waals surface area (Å²) in [5, 5.41) is 2.93. The van der Waals surface area contributed by atoms with Crippen LogP contribution in [0.15, 0.2) is 29.2 Å². The Balaban J connectivity index is 1.88. The van der Waals surface area contributed by atoms with E-state index in [0.29, 0.717) is 6.04 Å². The summed E-state index contributed by atoms with van der Waals surface area (Å²) >= 11 is 1.67. The molecule has 5 heteroatoms. The molecule has 2 rings (SSSR count). The van der Waals surface area contributed by atoms with Crippen molar-refractivity contribution in [2.24, 2.45) is 0 Å². The number of thioether (sulfide) groups is 1. The number of carbonyl (C=O) groups is 1. The molecule has 98 valence electrons. The summed E-state index contributed by atoms with van der Waals surface area (Å²) in [6.45, 7) is 1.61. The first kappa shape index (κ1) is 13.2. The topological polar surface area (TPSA) is 35.6 Å². The zero-order chi connectivity index (χ0) is 13.1. The van der Waals surface area contributed by atoms with Crippen molar-refractivity contribution in [1.29, 1.82) is 0 Å². The maximum atomic E-state index is 12.0. The molecule has 0 bridgehead atoms. The molecule has 1 heterocycles. The summed E-state index contributed by atoms with van der Waals surface area (Å²) < 4.78 is 0. The van der Waals surface area contributed by atoms with Crippen LogP contribution >= 0.6 is 11.8 Å². The van der Waals surface area contributed by atoms with Gasteiger partial charge < -0.3 is 15.1 Å². The van der Waals surface area contributed by atoms with Gasteiger partial charge in [-0.25, -0.2) is 4.79 Å². The Morgan fingerprint density at radius 1 is 1.44 bits per heavy atom. The third-order valence-corrected chi connectivity index (χ3v) is 3.93. The second kappa shape index (κ2) is 5.63. The van der Waals surface area contributed by atoms with Gasteiger partial charge in [0, 0.05) is 29.7 Å². The lowest BCUT2D eigenvalue weighted by Gasteiger charge is -2.42. The molecule has 0 radical (unpaired) electrons. The van der Waals surface area contributed by atoms with Crippen LogP contribution in [0.1, 0.15) is 0 Å². The van der Waals surface area contributed by atoms with Crippen LogP contribution in [0, 0.1) is 0 Å². The average molecular weight is 265 g/mol. The number of benzene rings is 1. The first-order valence-corrected chi connectivity index (χ1v) is 7.19. The Morgan fingerprint density at radius 3 is 2.78 bits per heavy atom. The third-order valence-electron chi connectivity index (χ3n) is 3.20. The van der Waals surface area contributed by atoms with Crippen molar-refractivity contribution in [3.8, 4) is 0 Å². The van der Waals surface area contributed by atoms with Crippen LogP contribution in [0.5, 0.6) is 0 Å². The Hall–Kier alpha value is -1.20. The monoisotopic (exact) mass is 265 g/mol. The van der Waals surface area contributed by atoms with Crippen molar-refractivity contribution in [1.82, 2.24) is 9.80 Å². The Labute approximate surface area is 112 Å². The summed E-state index contributed by atoms with van der Waals surface area (Å²) in [5.74, 6) is 0. The molecule has 0 atom stereocenters. The van der Waals surface area contributed by atoms with Gasteiger partial charge in [0.2, 0.25) is 0 Å². The largest absolute Gasteiger partial charge is 0.321 e. The minimum absolute atomic E-state index is 0.00801. The van der Waals surface area contributed by atoms with E-state index in [1.807, 2.05) is 49.5 Å². The van der Waals surface area contributed by atoms with E-state index < -0.39 is 0 Å². The zero-order valence-electron chi connectivity index (χ0n) is 11.0. The minimum Gasteiger partial charge on any atom is -0.321 e. The summed E-state index contributed by atoms with van der Waals surface area (Å²) in [7, 11) is 4.09. The maximum absolute atomic E-state index is 12.0. The van der Waals surface area contributed by atoms with E-state index >= 15 is 0 Å². The molecule has 0 spiro atoms. The number of anilines is 1. The zero-order valence-corrected chi connectivity index (χ0v) is 11.8. The molecule has 1 fully saturated rings. The highest BCUT2D eigenvalue weighted by Gasteiger charge is 2.31. The maximum Gasteiger partial charge on any atom is 0.321 e. The number of urea groups is 1. The standard InChI is InChI=1S/C13H19N3OS/c1-15(2)11-8-16(9-11)13(17)14-10-5-4-6-12(7-10)18-3/h4-7,11H,8-9H2,1-3H3,(H,14,17). The van der Waals surface area contributed by atoms with Crippen molar-refractivity contribution < 1.29 is 4.79 Å². The molecule has 1 aliphatic heterocycles.